The monoisotopic (exact) mass is 292 g/mol. The molecule has 0 amide bonds. The van der Waals surface area contributed by atoms with E-state index in [0.29, 0.717) is 0 Å². The van der Waals surface area contributed by atoms with Crippen molar-refractivity contribution in [1.29, 1.82) is 0 Å². The molecule has 0 aliphatic heterocycles. The highest BCUT2D eigenvalue weighted by atomic mass is 127. The smallest absolute Gasteiger partial charge is 0.127 e. The highest BCUT2D eigenvalue weighted by Crippen LogP contribution is 2.23. The van der Waals surface area contributed by atoms with E-state index in [0.717, 1.165) is 15.6 Å². The normalized spacial score (nSPS) is 11.8. The Hall–Kier alpha value is -0.120. The van der Waals surface area contributed by atoms with Crippen LogP contribution in [0, 0.1) is 14.8 Å². The van der Waals surface area contributed by atoms with E-state index in [1.54, 1.807) is 6.07 Å². The van der Waals surface area contributed by atoms with E-state index in [-0.39, 0.29) is 11.2 Å². The van der Waals surface area contributed by atoms with Crippen LogP contribution in [0.4, 0.5) is 4.39 Å². The molecular formula is C11H14FI. The Balaban J connectivity index is 2.90. The lowest BCUT2D eigenvalue weighted by Gasteiger charge is -2.18. The summed E-state index contributed by atoms with van der Waals surface area (Å²) in [4.78, 5) is 0. The summed E-state index contributed by atoms with van der Waals surface area (Å²) in [6.07, 6.45) is 0.787. The highest BCUT2D eigenvalue weighted by molar-refractivity contribution is 14.1. The van der Waals surface area contributed by atoms with Crippen LogP contribution < -0.4 is 0 Å². The van der Waals surface area contributed by atoms with Crippen molar-refractivity contribution >= 4 is 22.6 Å². The first-order valence-electron chi connectivity index (χ1n) is 4.32. The van der Waals surface area contributed by atoms with Crippen LogP contribution in [0.2, 0.25) is 0 Å². The Bertz CT molecular complexity index is 299. The summed E-state index contributed by atoms with van der Waals surface area (Å²) in [6, 6.07) is 5.41. The first kappa shape index (κ1) is 11.0. The van der Waals surface area contributed by atoms with Crippen LogP contribution in [0.5, 0.6) is 0 Å². The molecule has 0 nitrogen and oxygen atoms in total. The molecule has 0 fully saturated rings. The molecule has 13 heavy (non-hydrogen) atoms. The fraction of sp³-hybridized carbons (Fsp3) is 0.455. The summed E-state index contributed by atoms with van der Waals surface area (Å²) in [6.45, 7) is 6.35. The molecule has 2 heteroatoms. The molecule has 0 saturated carbocycles. The molecule has 0 radical (unpaired) electrons. The minimum Gasteiger partial charge on any atom is -0.207 e. The van der Waals surface area contributed by atoms with E-state index in [9.17, 15) is 4.39 Å². The zero-order valence-electron chi connectivity index (χ0n) is 8.20. The maximum atomic E-state index is 13.4. The van der Waals surface area contributed by atoms with Crippen molar-refractivity contribution in [3.63, 3.8) is 0 Å². The first-order chi connectivity index (χ1) is 5.88. The lowest BCUT2D eigenvalue weighted by atomic mass is 9.88. The molecule has 0 aliphatic carbocycles. The Kier molecular flexibility index (Phi) is 3.33. The molecule has 0 unspecified atom stereocenters. The molecule has 0 heterocycles. The summed E-state index contributed by atoms with van der Waals surface area (Å²) in [5.41, 5.74) is 0.959. The lowest BCUT2D eigenvalue weighted by Crippen LogP contribution is -2.10. The van der Waals surface area contributed by atoms with E-state index in [1.807, 2.05) is 12.1 Å². The zero-order valence-corrected chi connectivity index (χ0v) is 10.4. The van der Waals surface area contributed by atoms with Gasteiger partial charge in [-0.15, -0.1) is 0 Å². The zero-order chi connectivity index (χ0) is 10.1. The van der Waals surface area contributed by atoms with E-state index in [4.69, 9.17) is 0 Å². The van der Waals surface area contributed by atoms with E-state index >= 15 is 0 Å². The maximum Gasteiger partial charge on any atom is 0.127 e. The summed E-state index contributed by atoms with van der Waals surface area (Å²) in [5, 5.41) is 0. The van der Waals surface area contributed by atoms with Crippen LogP contribution in [0.1, 0.15) is 26.3 Å². The van der Waals surface area contributed by atoms with E-state index in [2.05, 4.69) is 43.4 Å². The average molecular weight is 292 g/mol. The van der Waals surface area contributed by atoms with Crippen molar-refractivity contribution in [2.24, 2.45) is 5.41 Å². The molecule has 0 saturated heterocycles. The van der Waals surface area contributed by atoms with Crippen molar-refractivity contribution in [2.45, 2.75) is 27.2 Å². The molecule has 0 aromatic heterocycles. The molecule has 1 aromatic rings. The molecule has 0 atom stereocenters. The van der Waals surface area contributed by atoms with Gasteiger partial charge in [-0.25, -0.2) is 4.39 Å². The summed E-state index contributed by atoms with van der Waals surface area (Å²) in [5.74, 6) is -0.0816. The van der Waals surface area contributed by atoms with Gasteiger partial charge in [-0.3, -0.25) is 0 Å². The van der Waals surface area contributed by atoms with Gasteiger partial charge in [0, 0.05) is 3.57 Å². The lowest BCUT2D eigenvalue weighted by molar-refractivity contribution is 0.402. The predicted molar refractivity (Wildman–Crippen MR) is 62.3 cm³/mol. The van der Waals surface area contributed by atoms with E-state index in [1.165, 1.54) is 0 Å². The van der Waals surface area contributed by atoms with Crippen LogP contribution in [-0.2, 0) is 6.42 Å². The van der Waals surface area contributed by atoms with Crippen LogP contribution in [0.25, 0.3) is 0 Å². The Morgan fingerprint density at radius 2 is 1.92 bits per heavy atom. The van der Waals surface area contributed by atoms with Gasteiger partial charge in [0.15, 0.2) is 0 Å². The fourth-order valence-electron chi connectivity index (χ4n) is 1.24. The second kappa shape index (κ2) is 3.95. The Labute approximate surface area is 92.7 Å². The third-order valence-corrected chi connectivity index (χ3v) is 2.41. The van der Waals surface area contributed by atoms with Gasteiger partial charge in [-0.2, -0.15) is 0 Å². The van der Waals surface area contributed by atoms with Crippen LogP contribution in [0.15, 0.2) is 18.2 Å². The Morgan fingerprint density at radius 1 is 1.31 bits per heavy atom. The van der Waals surface area contributed by atoms with Crippen molar-refractivity contribution in [1.82, 2.24) is 0 Å². The molecular weight excluding hydrogens is 278 g/mol. The molecule has 72 valence electrons. The number of rotatable bonds is 1. The SMILES string of the molecule is CC(C)(C)Cc1ccc(I)cc1F. The molecule has 0 aliphatic rings. The number of hydrogen-bond acceptors (Lipinski definition) is 0. The summed E-state index contributed by atoms with van der Waals surface area (Å²) >= 11 is 2.12. The largest absolute Gasteiger partial charge is 0.207 e. The van der Waals surface area contributed by atoms with Crippen molar-refractivity contribution in [3.05, 3.63) is 33.1 Å². The quantitative estimate of drug-likeness (QED) is 0.686. The summed E-state index contributed by atoms with van der Waals surface area (Å²) < 4.78 is 14.3. The van der Waals surface area contributed by atoms with Gasteiger partial charge in [0.05, 0.1) is 0 Å². The van der Waals surface area contributed by atoms with Crippen LogP contribution in [-0.4, -0.2) is 0 Å². The van der Waals surface area contributed by atoms with Gasteiger partial charge in [0.1, 0.15) is 5.82 Å². The minimum atomic E-state index is -0.0816. The molecule has 0 N–H and O–H groups in total. The molecule has 0 spiro atoms. The molecule has 1 aromatic carbocycles. The van der Waals surface area contributed by atoms with Gasteiger partial charge in [-0.1, -0.05) is 26.8 Å². The van der Waals surface area contributed by atoms with Gasteiger partial charge in [0.25, 0.3) is 0 Å². The highest BCUT2D eigenvalue weighted by Gasteiger charge is 2.13. The predicted octanol–water partition coefficient (Wildman–Crippen LogP) is 4.02. The number of hydrogen-bond donors (Lipinski definition) is 0. The van der Waals surface area contributed by atoms with Crippen molar-refractivity contribution < 1.29 is 4.39 Å². The number of halogens is 2. The van der Waals surface area contributed by atoms with Crippen LogP contribution in [0.3, 0.4) is 0 Å². The summed E-state index contributed by atoms with van der Waals surface area (Å²) in [7, 11) is 0. The van der Waals surface area contributed by atoms with Crippen molar-refractivity contribution in [3.8, 4) is 0 Å². The van der Waals surface area contributed by atoms with Gasteiger partial charge >= 0.3 is 0 Å². The average Bonchev–Trinajstić information content (AvgIpc) is 1.93. The van der Waals surface area contributed by atoms with E-state index < -0.39 is 0 Å². The van der Waals surface area contributed by atoms with Crippen LogP contribution >= 0.6 is 22.6 Å². The van der Waals surface area contributed by atoms with Gasteiger partial charge in [-0.05, 0) is 52.1 Å². The maximum absolute atomic E-state index is 13.4. The van der Waals surface area contributed by atoms with Gasteiger partial charge < -0.3 is 0 Å². The third-order valence-electron chi connectivity index (χ3n) is 1.74. The second-order valence-corrected chi connectivity index (χ2v) is 5.72. The van der Waals surface area contributed by atoms with Gasteiger partial charge in [0.2, 0.25) is 0 Å². The Morgan fingerprint density at radius 3 is 2.38 bits per heavy atom. The second-order valence-electron chi connectivity index (χ2n) is 4.47. The number of benzene rings is 1. The first-order valence-corrected chi connectivity index (χ1v) is 5.40. The minimum absolute atomic E-state index is 0.0816. The fourth-order valence-corrected chi connectivity index (χ4v) is 1.69. The molecule has 1 rings (SSSR count). The standard InChI is InChI=1S/C11H14FI/c1-11(2,3)7-8-4-5-9(13)6-10(8)12/h4-6H,7H2,1-3H3. The molecule has 0 bridgehead atoms. The van der Waals surface area contributed by atoms with Crippen molar-refractivity contribution in [2.75, 3.05) is 0 Å². The topological polar surface area (TPSA) is 0 Å². The third kappa shape index (κ3) is 3.63.